The van der Waals surface area contributed by atoms with Crippen molar-refractivity contribution in [3.8, 4) is 0 Å². The van der Waals surface area contributed by atoms with E-state index in [-0.39, 0.29) is 31.1 Å². The van der Waals surface area contributed by atoms with E-state index in [0.29, 0.717) is 19.3 Å². The quantitative estimate of drug-likeness (QED) is 0.0261. The Morgan fingerprint density at radius 2 is 0.494 bits per heavy atom. The van der Waals surface area contributed by atoms with E-state index in [2.05, 4.69) is 142 Å². The molecular formula is C73H122O6. The van der Waals surface area contributed by atoms with Crippen molar-refractivity contribution in [1.82, 2.24) is 0 Å². The van der Waals surface area contributed by atoms with Gasteiger partial charge in [-0.1, -0.05) is 277 Å². The van der Waals surface area contributed by atoms with Crippen molar-refractivity contribution in [2.75, 3.05) is 13.2 Å². The molecule has 0 saturated carbocycles. The van der Waals surface area contributed by atoms with Gasteiger partial charge in [-0.2, -0.15) is 0 Å². The van der Waals surface area contributed by atoms with E-state index < -0.39 is 6.10 Å². The van der Waals surface area contributed by atoms with Gasteiger partial charge in [-0.05, 0) is 128 Å². The van der Waals surface area contributed by atoms with Crippen LogP contribution < -0.4 is 0 Å². The first-order valence-electron chi connectivity index (χ1n) is 33.0. The number of rotatable bonds is 59. The maximum Gasteiger partial charge on any atom is 0.306 e. The number of hydrogen-bond donors (Lipinski definition) is 0. The van der Waals surface area contributed by atoms with E-state index in [1.54, 1.807) is 0 Å². The SMILES string of the molecule is CC/C=C\C/C=C\C/C=C\C/C=C\C/C=C\C/C=C\CCCCCCC(=O)OCC(COC(=O)CCCCCCC/C=C\C/C=C\C/C=C\CC)OC(=O)CCCCCCCCCCCCC/C=C\CCCCCCCCCC. The molecule has 0 fully saturated rings. The van der Waals surface area contributed by atoms with Gasteiger partial charge in [-0.3, -0.25) is 14.4 Å². The zero-order chi connectivity index (χ0) is 57.1. The van der Waals surface area contributed by atoms with Crippen molar-refractivity contribution in [1.29, 1.82) is 0 Å². The molecule has 0 amide bonds. The number of carbonyl (C=O) groups is 3. The van der Waals surface area contributed by atoms with Gasteiger partial charge in [0, 0.05) is 19.3 Å². The highest BCUT2D eigenvalue weighted by atomic mass is 16.6. The lowest BCUT2D eigenvalue weighted by molar-refractivity contribution is -0.167. The Morgan fingerprint density at radius 3 is 0.785 bits per heavy atom. The summed E-state index contributed by atoms with van der Waals surface area (Å²) in [6, 6.07) is 0. The van der Waals surface area contributed by atoms with Gasteiger partial charge in [0.05, 0.1) is 0 Å². The minimum atomic E-state index is -0.802. The summed E-state index contributed by atoms with van der Waals surface area (Å²) in [6.07, 6.45) is 92.1. The molecule has 0 heterocycles. The molecule has 0 bridgehead atoms. The lowest BCUT2D eigenvalue weighted by atomic mass is 10.0. The fourth-order valence-electron chi connectivity index (χ4n) is 9.04. The molecule has 0 aliphatic rings. The number of ether oxygens (including phenoxy) is 3. The normalized spacial score (nSPS) is 12.9. The van der Waals surface area contributed by atoms with Crippen LogP contribution in [0.3, 0.4) is 0 Å². The Bertz CT molecular complexity index is 1640. The van der Waals surface area contributed by atoms with Crippen LogP contribution in [-0.4, -0.2) is 37.2 Å². The molecule has 1 atom stereocenters. The lowest BCUT2D eigenvalue weighted by Crippen LogP contribution is -2.30. The zero-order valence-corrected chi connectivity index (χ0v) is 51.6. The van der Waals surface area contributed by atoms with Crippen LogP contribution in [0.5, 0.6) is 0 Å². The maximum absolute atomic E-state index is 12.9. The van der Waals surface area contributed by atoms with Crippen LogP contribution in [-0.2, 0) is 28.6 Å². The van der Waals surface area contributed by atoms with Crippen LogP contribution in [0.1, 0.15) is 303 Å². The van der Waals surface area contributed by atoms with E-state index in [4.69, 9.17) is 14.2 Å². The van der Waals surface area contributed by atoms with Gasteiger partial charge < -0.3 is 14.2 Å². The van der Waals surface area contributed by atoms with Crippen LogP contribution in [0.25, 0.3) is 0 Å². The van der Waals surface area contributed by atoms with Crippen LogP contribution in [0.15, 0.2) is 122 Å². The van der Waals surface area contributed by atoms with Gasteiger partial charge in [-0.25, -0.2) is 0 Å². The van der Waals surface area contributed by atoms with Crippen molar-refractivity contribution >= 4 is 17.9 Å². The molecule has 6 nitrogen and oxygen atoms in total. The molecular weight excluding hydrogens is 973 g/mol. The Kier molecular flexibility index (Phi) is 62.8. The summed E-state index contributed by atoms with van der Waals surface area (Å²) in [5, 5.41) is 0. The van der Waals surface area contributed by atoms with E-state index >= 15 is 0 Å². The van der Waals surface area contributed by atoms with E-state index in [1.165, 1.54) is 116 Å². The molecule has 0 radical (unpaired) electrons. The van der Waals surface area contributed by atoms with Gasteiger partial charge in [0.25, 0.3) is 0 Å². The first-order chi connectivity index (χ1) is 39.0. The Labute approximate surface area is 488 Å². The monoisotopic (exact) mass is 1090 g/mol. The molecule has 79 heavy (non-hydrogen) atoms. The summed E-state index contributed by atoms with van der Waals surface area (Å²) in [4.78, 5) is 38.4. The maximum atomic E-state index is 12.9. The summed E-state index contributed by atoms with van der Waals surface area (Å²) < 4.78 is 16.9. The fourth-order valence-corrected chi connectivity index (χ4v) is 9.04. The largest absolute Gasteiger partial charge is 0.462 e. The van der Waals surface area contributed by atoms with Crippen molar-refractivity contribution < 1.29 is 28.6 Å². The highest BCUT2D eigenvalue weighted by Crippen LogP contribution is 2.16. The third-order valence-corrected chi connectivity index (χ3v) is 13.9. The van der Waals surface area contributed by atoms with Crippen molar-refractivity contribution in [3.05, 3.63) is 122 Å². The highest BCUT2D eigenvalue weighted by Gasteiger charge is 2.19. The predicted molar refractivity (Wildman–Crippen MR) is 343 cm³/mol. The summed E-state index contributed by atoms with van der Waals surface area (Å²) in [5.41, 5.74) is 0. The number of esters is 3. The minimum Gasteiger partial charge on any atom is -0.462 e. The second-order valence-corrected chi connectivity index (χ2v) is 21.6. The molecule has 0 N–H and O–H groups in total. The molecule has 0 aromatic heterocycles. The Morgan fingerprint density at radius 1 is 0.266 bits per heavy atom. The van der Waals surface area contributed by atoms with Crippen molar-refractivity contribution in [2.45, 2.75) is 309 Å². The second kappa shape index (κ2) is 66.3. The van der Waals surface area contributed by atoms with E-state index in [1.807, 2.05) is 0 Å². The number of unbranched alkanes of at least 4 members (excludes halogenated alkanes) is 28. The van der Waals surface area contributed by atoms with Gasteiger partial charge in [0.2, 0.25) is 0 Å². The van der Waals surface area contributed by atoms with Gasteiger partial charge in [0.15, 0.2) is 6.10 Å². The Balaban J connectivity index is 4.43. The average molecular weight is 1100 g/mol. The molecule has 0 aromatic rings. The Hall–Kier alpha value is -4.19. The van der Waals surface area contributed by atoms with Gasteiger partial charge >= 0.3 is 17.9 Å². The summed E-state index contributed by atoms with van der Waals surface area (Å²) in [6.45, 7) is 6.40. The van der Waals surface area contributed by atoms with E-state index in [0.717, 1.165) is 148 Å². The number of allylic oxidation sites excluding steroid dienone is 20. The molecule has 0 spiro atoms. The zero-order valence-electron chi connectivity index (χ0n) is 51.6. The molecule has 450 valence electrons. The second-order valence-electron chi connectivity index (χ2n) is 21.6. The molecule has 1 unspecified atom stereocenters. The molecule has 0 aliphatic carbocycles. The predicted octanol–water partition coefficient (Wildman–Crippen LogP) is 22.8. The fraction of sp³-hybridized carbons (Fsp3) is 0.685. The highest BCUT2D eigenvalue weighted by molar-refractivity contribution is 5.71. The van der Waals surface area contributed by atoms with Crippen molar-refractivity contribution in [3.63, 3.8) is 0 Å². The minimum absolute atomic E-state index is 0.0974. The third-order valence-electron chi connectivity index (χ3n) is 13.9. The molecule has 0 aromatic carbocycles. The summed E-state index contributed by atoms with van der Waals surface area (Å²) in [5.74, 6) is -0.932. The van der Waals surface area contributed by atoms with Crippen LogP contribution in [0, 0.1) is 0 Å². The standard InChI is InChI=1S/C73H122O6/c1-4-7-10-13-16-19-22-25-28-30-32-34-36-38-40-42-45-48-51-54-57-60-63-66-72(75)78-69-70(68-77-71(74)65-62-59-56-53-50-47-44-27-24-21-18-15-12-9-6-3)79-73(76)67-64-61-58-55-52-49-46-43-41-39-37-35-33-31-29-26-23-20-17-14-11-8-5-2/h7,9-10,12,16,18-19,21,25,27-28,31-34,38,40,44-45,48,70H,4-6,8,11,13-15,17,20,22-24,26,29-30,35-37,39,41-43,46-47,49-69H2,1-3H3/b10-7-,12-9-,19-16-,21-18-,28-25-,33-31-,34-32-,40-38-,44-27-,48-45-. The average Bonchev–Trinajstić information content (AvgIpc) is 3.45. The van der Waals surface area contributed by atoms with Gasteiger partial charge in [0.1, 0.15) is 13.2 Å². The van der Waals surface area contributed by atoms with E-state index in [9.17, 15) is 14.4 Å². The number of carbonyl (C=O) groups excluding carboxylic acids is 3. The summed E-state index contributed by atoms with van der Waals surface area (Å²) >= 11 is 0. The lowest BCUT2D eigenvalue weighted by Gasteiger charge is -2.18. The first kappa shape index (κ1) is 74.8. The van der Waals surface area contributed by atoms with Crippen LogP contribution >= 0.6 is 0 Å². The molecule has 0 saturated heterocycles. The summed E-state index contributed by atoms with van der Waals surface area (Å²) in [7, 11) is 0. The molecule has 6 heteroatoms. The molecule has 0 aliphatic heterocycles. The van der Waals surface area contributed by atoms with Crippen molar-refractivity contribution in [2.24, 2.45) is 0 Å². The number of hydrogen-bond acceptors (Lipinski definition) is 6. The smallest absolute Gasteiger partial charge is 0.306 e. The first-order valence-corrected chi connectivity index (χ1v) is 33.0. The van der Waals surface area contributed by atoms with Gasteiger partial charge in [-0.15, -0.1) is 0 Å². The van der Waals surface area contributed by atoms with Crippen LogP contribution in [0.2, 0.25) is 0 Å². The third kappa shape index (κ3) is 64.5. The van der Waals surface area contributed by atoms with Crippen LogP contribution in [0.4, 0.5) is 0 Å². The molecule has 0 rings (SSSR count). The topological polar surface area (TPSA) is 78.9 Å².